The zero-order valence-electron chi connectivity index (χ0n) is 18.2. The van der Waals surface area contributed by atoms with E-state index in [0.29, 0.717) is 10.9 Å². The monoisotopic (exact) mass is 436 g/mol. The highest BCUT2D eigenvalue weighted by atomic mass is 19.1. The molecule has 5 heteroatoms. The molecule has 0 saturated carbocycles. The quantitative estimate of drug-likeness (QED) is 0.337. The fourth-order valence-electron chi connectivity index (χ4n) is 5.03. The first kappa shape index (κ1) is 19.6. The molecule has 0 radical (unpaired) electrons. The Morgan fingerprint density at radius 3 is 1.94 bits per heavy atom. The Hall–Kier alpha value is -4.12. The zero-order chi connectivity index (χ0) is 22.7. The number of nitrogens with zero attached hydrogens (tertiary/aromatic N) is 2. The Morgan fingerprint density at radius 1 is 0.758 bits per heavy atom. The second kappa shape index (κ2) is 7.20. The van der Waals surface area contributed by atoms with Crippen LogP contribution in [-0.2, 0) is 14.1 Å². The maximum Gasteiger partial charge on any atom is 0.196 e. The lowest BCUT2D eigenvalue weighted by Gasteiger charge is -2.17. The standard InChI is InChI=1S/C28H21FN2O2/c1-30-14-21(18-7-3-5-9-24(18)30)27(22-15-31(2)25-10-6-4-8-19(22)25)23-16-33-26-13-17(29)11-12-20(26)28(23)32/h3-16,27H,1-2H3. The highest BCUT2D eigenvalue weighted by Gasteiger charge is 2.28. The van der Waals surface area contributed by atoms with Gasteiger partial charge in [-0.3, -0.25) is 4.79 Å². The predicted molar refractivity (Wildman–Crippen MR) is 129 cm³/mol. The van der Waals surface area contributed by atoms with Crippen LogP contribution in [0.4, 0.5) is 4.39 Å². The number of aromatic nitrogens is 2. The van der Waals surface area contributed by atoms with Gasteiger partial charge in [-0.15, -0.1) is 0 Å². The Morgan fingerprint density at radius 2 is 1.33 bits per heavy atom. The molecule has 0 unspecified atom stereocenters. The second-order valence-corrected chi connectivity index (χ2v) is 8.52. The first-order chi connectivity index (χ1) is 16.0. The molecule has 3 aromatic heterocycles. The molecule has 0 aliphatic carbocycles. The summed E-state index contributed by atoms with van der Waals surface area (Å²) < 4.78 is 23.7. The second-order valence-electron chi connectivity index (χ2n) is 8.52. The van der Waals surface area contributed by atoms with E-state index in [1.165, 1.54) is 24.5 Å². The predicted octanol–water partition coefficient (Wildman–Crippen LogP) is 6.10. The van der Waals surface area contributed by atoms with Crippen LogP contribution in [0.15, 0.2) is 94.6 Å². The SMILES string of the molecule is Cn1cc(C(c2coc3cc(F)ccc3c2=O)c2cn(C)c3ccccc23)c2ccccc21. The molecule has 0 bridgehead atoms. The Bertz CT molecular complexity index is 1660. The van der Waals surface area contributed by atoms with E-state index in [9.17, 15) is 9.18 Å². The number of halogens is 1. The highest BCUT2D eigenvalue weighted by Crippen LogP contribution is 2.40. The van der Waals surface area contributed by atoms with Gasteiger partial charge in [0.1, 0.15) is 11.4 Å². The van der Waals surface area contributed by atoms with Gasteiger partial charge in [-0.1, -0.05) is 36.4 Å². The number of benzene rings is 3. The van der Waals surface area contributed by atoms with Crippen molar-refractivity contribution in [1.82, 2.24) is 9.13 Å². The van der Waals surface area contributed by atoms with Gasteiger partial charge in [0.25, 0.3) is 0 Å². The molecule has 6 rings (SSSR count). The Kier molecular flexibility index (Phi) is 4.27. The largest absolute Gasteiger partial charge is 0.464 e. The van der Waals surface area contributed by atoms with E-state index >= 15 is 0 Å². The maximum absolute atomic E-state index is 13.7. The molecular weight excluding hydrogens is 415 g/mol. The van der Waals surface area contributed by atoms with Gasteiger partial charge >= 0.3 is 0 Å². The lowest BCUT2D eigenvalue weighted by Crippen LogP contribution is -2.15. The van der Waals surface area contributed by atoms with Gasteiger partial charge in [-0.05, 0) is 35.4 Å². The molecule has 0 amide bonds. The van der Waals surface area contributed by atoms with Gasteiger partial charge in [0.05, 0.1) is 11.6 Å². The van der Waals surface area contributed by atoms with Crippen molar-refractivity contribution in [2.24, 2.45) is 14.1 Å². The summed E-state index contributed by atoms with van der Waals surface area (Å²) in [6.07, 6.45) is 5.68. The third kappa shape index (κ3) is 2.93. The molecular formula is C28H21FN2O2. The average Bonchev–Trinajstić information content (AvgIpc) is 3.33. The number of rotatable bonds is 3. The normalized spacial score (nSPS) is 11.9. The van der Waals surface area contributed by atoms with E-state index in [2.05, 4.69) is 45.8 Å². The van der Waals surface area contributed by atoms with Crippen molar-refractivity contribution in [2.75, 3.05) is 0 Å². The number of fused-ring (bicyclic) bond motifs is 3. The maximum atomic E-state index is 13.7. The van der Waals surface area contributed by atoms with Crippen LogP contribution < -0.4 is 5.43 Å². The van der Waals surface area contributed by atoms with Gasteiger partial charge in [0, 0.05) is 65.8 Å². The molecule has 3 heterocycles. The minimum atomic E-state index is -0.432. The number of hydrogen-bond donors (Lipinski definition) is 0. The van der Waals surface area contributed by atoms with Crippen LogP contribution in [0.1, 0.15) is 22.6 Å². The van der Waals surface area contributed by atoms with Gasteiger partial charge in [-0.2, -0.15) is 0 Å². The molecule has 0 saturated heterocycles. The van der Waals surface area contributed by atoms with E-state index in [1.807, 2.05) is 38.4 Å². The lowest BCUT2D eigenvalue weighted by atomic mass is 9.85. The van der Waals surface area contributed by atoms with Crippen molar-refractivity contribution in [1.29, 1.82) is 0 Å². The summed E-state index contributed by atoms with van der Waals surface area (Å²) in [6.45, 7) is 0. The topological polar surface area (TPSA) is 40.1 Å². The average molecular weight is 436 g/mol. The van der Waals surface area contributed by atoms with E-state index in [-0.39, 0.29) is 16.9 Å². The van der Waals surface area contributed by atoms with E-state index in [0.717, 1.165) is 32.9 Å². The Labute approximate surface area is 189 Å². The summed E-state index contributed by atoms with van der Waals surface area (Å²) >= 11 is 0. The van der Waals surface area contributed by atoms with Gasteiger partial charge in [0.15, 0.2) is 5.43 Å². The smallest absolute Gasteiger partial charge is 0.196 e. The zero-order valence-corrected chi connectivity index (χ0v) is 18.2. The Balaban J connectivity index is 1.72. The van der Waals surface area contributed by atoms with Crippen LogP contribution in [0.2, 0.25) is 0 Å². The van der Waals surface area contributed by atoms with Gasteiger partial charge in [0.2, 0.25) is 0 Å². The minimum absolute atomic E-state index is 0.151. The summed E-state index contributed by atoms with van der Waals surface area (Å²) in [6, 6.07) is 20.4. The fraction of sp³-hybridized carbons (Fsp3) is 0.107. The van der Waals surface area contributed by atoms with Crippen molar-refractivity contribution in [2.45, 2.75) is 5.92 Å². The number of aryl methyl sites for hydroxylation is 2. The van der Waals surface area contributed by atoms with Crippen molar-refractivity contribution < 1.29 is 8.81 Å². The third-order valence-electron chi connectivity index (χ3n) is 6.55. The fourth-order valence-corrected chi connectivity index (χ4v) is 5.03. The molecule has 0 N–H and O–H groups in total. The third-order valence-corrected chi connectivity index (χ3v) is 6.55. The number of para-hydroxylation sites is 2. The molecule has 0 aliphatic rings. The first-order valence-corrected chi connectivity index (χ1v) is 10.8. The molecule has 3 aromatic carbocycles. The van der Waals surface area contributed by atoms with Crippen molar-refractivity contribution in [3.05, 3.63) is 118 Å². The lowest BCUT2D eigenvalue weighted by molar-refractivity contribution is 0.579. The summed E-state index contributed by atoms with van der Waals surface area (Å²) in [7, 11) is 4.02. The molecule has 0 aliphatic heterocycles. The molecule has 0 atom stereocenters. The van der Waals surface area contributed by atoms with Gasteiger partial charge < -0.3 is 13.6 Å². The van der Waals surface area contributed by atoms with E-state index < -0.39 is 5.82 Å². The highest BCUT2D eigenvalue weighted by molar-refractivity contribution is 5.90. The van der Waals surface area contributed by atoms with Crippen molar-refractivity contribution >= 4 is 32.8 Å². The van der Waals surface area contributed by atoms with Crippen LogP contribution in [0, 0.1) is 5.82 Å². The molecule has 162 valence electrons. The van der Waals surface area contributed by atoms with E-state index in [4.69, 9.17) is 4.42 Å². The summed E-state index contributed by atoms with van der Waals surface area (Å²) in [5, 5.41) is 2.53. The summed E-state index contributed by atoms with van der Waals surface area (Å²) in [5.41, 5.74) is 4.86. The van der Waals surface area contributed by atoms with Gasteiger partial charge in [-0.25, -0.2) is 4.39 Å². The van der Waals surface area contributed by atoms with E-state index in [1.54, 1.807) is 0 Å². The molecule has 6 aromatic rings. The molecule has 33 heavy (non-hydrogen) atoms. The van der Waals surface area contributed by atoms with Crippen LogP contribution in [-0.4, -0.2) is 9.13 Å². The minimum Gasteiger partial charge on any atom is -0.464 e. The molecule has 0 fully saturated rings. The van der Waals surface area contributed by atoms with Crippen LogP contribution in [0.25, 0.3) is 32.8 Å². The van der Waals surface area contributed by atoms with Crippen LogP contribution >= 0.6 is 0 Å². The summed E-state index contributed by atoms with van der Waals surface area (Å²) in [4.78, 5) is 13.7. The first-order valence-electron chi connectivity index (χ1n) is 10.8. The molecule has 0 spiro atoms. The van der Waals surface area contributed by atoms with Crippen LogP contribution in [0.5, 0.6) is 0 Å². The molecule has 4 nitrogen and oxygen atoms in total. The number of hydrogen-bond acceptors (Lipinski definition) is 2. The van der Waals surface area contributed by atoms with Crippen LogP contribution in [0.3, 0.4) is 0 Å². The van der Waals surface area contributed by atoms with Crippen molar-refractivity contribution in [3.8, 4) is 0 Å². The van der Waals surface area contributed by atoms with Crippen molar-refractivity contribution in [3.63, 3.8) is 0 Å². The summed E-state index contributed by atoms with van der Waals surface area (Å²) in [5.74, 6) is -0.786.